The summed E-state index contributed by atoms with van der Waals surface area (Å²) in [6, 6.07) is 8.54. The molecule has 1 atom stereocenters. The molecule has 0 aliphatic heterocycles. The van der Waals surface area contributed by atoms with Gasteiger partial charge in [-0.2, -0.15) is 0 Å². The molecule has 0 heterocycles. The Morgan fingerprint density at radius 1 is 1.29 bits per heavy atom. The molecule has 0 saturated heterocycles. The lowest BCUT2D eigenvalue weighted by molar-refractivity contribution is 1.03. The van der Waals surface area contributed by atoms with Crippen molar-refractivity contribution in [3.05, 3.63) is 65.8 Å². The highest BCUT2D eigenvalue weighted by Crippen LogP contribution is 2.36. The van der Waals surface area contributed by atoms with Crippen LogP contribution in [0.1, 0.15) is 24.0 Å². The van der Waals surface area contributed by atoms with Crippen molar-refractivity contribution in [2.24, 2.45) is 0 Å². The Labute approximate surface area is 85.3 Å². The summed E-state index contributed by atoms with van der Waals surface area (Å²) in [4.78, 5) is 0. The molecule has 0 nitrogen and oxygen atoms in total. The molecule has 2 rings (SSSR count). The Hall–Kier alpha value is -1.56. The minimum Gasteiger partial charge on any atom is -0.0991 e. The zero-order valence-electron chi connectivity index (χ0n) is 8.40. The highest BCUT2D eigenvalue weighted by Gasteiger charge is 2.18. The zero-order chi connectivity index (χ0) is 9.97. The second-order valence-electron chi connectivity index (χ2n) is 3.62. The van der Waals surface area contributed by atoms with Crippen molar-refractivity contribution in [1.29, 1.82) is 0 Å². The molecule has 0 heteroatoms. The second kappa shape index (κ2) is 3.67. The van der Waals surface area contributed by atoms with Crippen LogP contribution in [0.4, 0.5) is 0 Å². The Morgan fingerprint density at radius 3 is 2.86 bits per heavy atom. The van der Waals surface area contributed by atoms with Gasteiger partial charge in [0.15, 0.2) is 0 Å². The summed E-state index contributed by atoms with van der Waals surface area (Å²) in [5.41, 5.74) is 4.16. The van der Waals surface area contributed by atoms with Crippen LogP contribution in [-0.2, 0) is 0 Å². The van der Waals surface area contributed by atoms with E-state index in [-0.39, 0.29) is 0 Å². The third-order valence-corrected chi connectivity index (χ3v) is 2.64. The SMILES string of the molecule is C=CC=CC1C(C)=Cc2ccccc21. The highest BCUT2D eigenvalue weighted by molar-refractivity contribution is 5.67. The van der Waals surface area contributed by atoms with Gasteiger partial charge in [-0.25, -0.2) is 0 Å². The van der Waals surface area contributed by atoms with E-state index < -0.39 is 0 Å². The number of fused-ring (bicyclic) bond motifs is 1. The van der Waals surface area contributed by atoms with Crippen LogP contribution >= 0.6 is 0 Å². The zero-order valence-corrected chi connectivity index (χ0v) is 8.40. The molecule has 0 radical (unpaired) electrons. The van der Waals surface area contributed by atoms with E-state index in [9.17, 15) is 0 Å². The second-order valence-corrected chi connectivity index (χ2v) is 3.62. The number of benzene rings is 1. The van der Waals surface area contributed by atoms with Crippen molar-refractivity contribution < 1.29 is 0 Å². The Morgan fingerprint density at radius 2 is 2.07 bits per heavy atom. The van der Waals surface area contributed by atoms with Crippen LogP contribution in [0.3, 0.4) is 0 Å². The van der Waals surface area contributed by atoms with Crippen molar-refractivity contribution in [1.82, 2.24) is 0 Å². The van der Waals surface area contributed by atoms with E-state index in [2.05, 4.69) is 49.9 Å². The summed E-state index contributed by atoms with van der Waals surface area (Å²) in [6.07, 6.45) is 8.30. The van der Waals surface area contributed by atoms with Gasteiger partial charge in [-0.1, -0.05) is 60.7 Å². The summed E-state index contributed by atoms with van der Waals surface area (Å²) in [6.45, 7) is 5.88. The smallest absolute Gasteiger partial charge is 0.0237 e. The van der Waals surface area contributed by atoms with Crippen molar-refractivity contribution in [2.75, 3.05) is 0 Å². The first-order valence-electron chi connectivity index (χ1n) is 4.89. The van der Waals surface area contributed by atoms with Gasteiger partial charge in [0, 0.05) is 5.92 Å². The molecular weight excluding hydrogens is 168 g/mol. The van der Waals surface area contributed by atoms with Crippen LogP contribution in [-0.4, -0.2) is 0 Å². The lowest BCUT2D eigenvalue weighted by Crippen LogP contribution is -1.91. The summed E-state index contributed by atoms with van der Waals surface area (Å²) >= 11 is 0. The van der Waals surface area contributed by atoms with Crippen molar-refractivity contribution in [3.8, 4) is 0 Å². The van der Waals surface area contributed by atoms with Crippen molar-refractivity contribution >= 4 is 6.08 Å². The van der Waals surface area contributed by atoms with Crippen LogP contribution in [0.15, 0.2) is 54.6 Å². The van der Waals surface area contributed by atoms with Crippen molar-refractivity contribution in [2.45, 2.75) is 12.8 Å². The first-order valence-corrected chi connectivity index (χ1v) is 4.89. The molecule has 0 aromatic heterocycles. The fraction of sp³-hybridized carbons (Fsp3) is 0.143. The Balaban J connectivity index is 2.41. The molecule has 1 unspecified atom stereocenters. The number of hydrogen-bond acceptors (Lipinski definition) is 0. The molecular formula is C14H14. The normalized spacial score (nSPS) is 19.5. The standard InChI is InChI=1S/C14H14/c1-3-4-8-13-11(2)10-12-7-5-6-9-14(12)13/h3-10,13H,1H2,2H3. The third-order valence-electron chi connectivity index (χ3n) is 2.64. The van der Waals surface area contributed by atoms with Gasteiger partial charge in [-0.05, 0) is 18.1 Å². The van der Waals surface area contributed by atoms with E-state index >= 15 is 0 Å². The topological polar surface area (TPSA) is 0 Å². The largest absolute Gasteiger partial charge is 0.0991 e. The maximum absolute atomic E-state index is 3.70. The number of allylic oxidation sites excluding steroid dienone is 4. The van der Waals surface area contributed by atoms with Gasteiger partial charge in [0.2, 0.25) is 0 Å². The maximum atomic E-state index is 3.70. The average Bonchev–Trinajstić information content (AvgIpc) is 2.51. The molecule has 1 aliphatic carbocycles. The monoisotopic (exact) mass is 182 g/mol. The van der Waals surface area contributed by atoms with Crippen LogP contribution in [0, 0.1) is 0 Å². The lowest BCUT2D eigenvalue weighted by Gasteiger charge is -2.08. The van der Waals surface area contributed by atoms with E-state index in [1.807, 2.05) is 12.2 Å². The first kappa shape index (κ1) is 9.01. The maximum Gasteiger partial charge on any atom is 0.0237 e. The van der Waals surface area contributed by atoms with Gasteiger partial charge in [-0.15, -0.1) is 0 Å². The van der Waals surface area contributed by atoms with Crippen LogP contribution in [0.2, 0.25) is 0 Å². The number of hydrogen-bond donors (Lipinski definition) is 0. The molecule has 0 N–H and O–H groups in total. The molecule has 0 amide bonds. The van der Waals surface area contributed by atoms with Gasteiger partial charge >= 0.3 is 0 Å². The van der Waals surface area contributed by atoms with Crippen LogP contribution < -0.4 is 0 Å². The quantitative estimate of drug-likeness (QED) is 0.608. The average molecular weight is 182 g/mol. The lowest BCUT2D eigenvalue weighted by atomic mass is 9.96. The number of rotatable bonds is 2. The molecule has 70 valence electrons. The van der Waals surface area contributed by atoms with Gasteiger partial charge < -0.3 is 0 Å². The van der Waals surface area contributed by atoms with Crippen LogP contribution in [0.5, 0.6) is 0 Å². The summed E-state index contributed by atoms with van der Waals surface area (Å²) < 4.78 is 0. The summed E-state index contributed by atoms with van der Waals surface area (Å²) in [7, 11) is 0. The predicted molar refractivity (Wildman–Crippen MR) is 62.2 cm³/mol. The first-order chi connectivity index (χ1) is 6.83. The Bertz CT molecular complexity index is 408. The molecule has 14 heavy (non-hydrogen) atoms. The fourth-order valence-electron chi connectivity index (χ4n) is 1.95. The Kier molecular flexibility index (Phi) is 2.36. The van der Waals surface area contributed by atoms with Gasteiger partial charge in [0.05, 0.1) is 0 Å². The summed E-state index contributed by atoms with van der Waals surface area (Å²) in [5, 5.41) is 0. The van der Waals surface area contributed by atoms with Gasteiger partial charge in [0.25, 0.3) is 0 Å². The molecule has 0 saturated carbocycles. The minimum atomic E-state index is 0.448. The molecule has 1 aliphatic rings. The fourth-order valence-corrected chi connectivity index (χ4v) is 1.95. The van der Waals surface area contributed by atoms with Gasteiger partial charge in [-0.3, -0.25) is 0 Å². The van der Waals surface area contributed by atoms with E-state index in [0.29, 0.717) is 5.92 Å². The summed E-state index contributed by atoms with van der Waals surface area (Å²) in [5.74, 6) is 0.448. The molecule has 1 aromatic rings. The highest BCUT2D eigenvalue weighted by atomic mass is 14.2. The van der Waals surface area contributed by atoms with Crippen molar-refractivity contribution in [3.63, 3.8) is 0 Å². The molecule has 0 spiro atoms. The van der Waals surface area contributed by atoms with E-state index in [0.717, 1.165) is 0 Å². The predicted octanol–water partition coefficient (Wildman–Crippen LogP) is 3.93. The third kappa shape index (κ3) is 1.44. The van der Waals surface area contributed by atoms with Crippen LogP contribution in [0.25, 0.3) is 6.08 Å². The molecule has 1 aromatic carbocycles. The van der Waals surface area contributed by atoms with Gasteiger partial charge in [0.1, 0.15) is 0 Å². The van der Waals surface area contributed by atoms with E-state index in [4.69, 9.17) is 0 Å². The molecule has 0 bridgehead atoms. The van der Waals surface area contributed by atoms with E-state index in [1.54, 1.807) is 0 Å². The molecule has 0 fully saturated rings. The van der Waals surface area contributed by atoms with E-state index in [1.165, 1.54) is 16.7 Å². The minimum absolute atomic E-state index is 0.448.